The smallest absolute Gasteiger partial charge is 0.191 e. The van der Waals surface area contributed by atoms with E-state index in [4.69, 9.17) is 0 Å². The van der Waals surface area contributed by atoms with Crippen LogP contribution in [0, 0.1) is 6.92 Å². The van der Waals surface area contributed by atoms with Crippen LogP contribution in [0.2, 0.25) is 0 Å². The number of carbonyl (C=O) groups excluding carboxylic acids is 1. The van der Waals surface area contributed by atoms with Gasteiger partial charge in [-0.25, -0.2) is 0 Å². The second-order valence-electron chi connectivity index (χ2n) is 5.25. The summed E-state index contributed by atoms with van der Waals surface area (Å²) in [4.78, 5) is 14.1. The molecule has 104 valence electrons. The Labute approximate surface area is 120 Å². The third-order valence-electron chi connectivity index (χ3n) is 3.10. The zero-order valence-corrected chi connectivity index (χ0v) is 12.4. The number of carbonyl (C=O) groups is 1. The van der Waals surface area contributed by atoms with Crippen molar-refractivity contribution in [2.75, 3.05) is 14.1 Å². The van der Waals surface area contributed by atoms with Crippen molar-refractivity contribution in [2.45, 2.75) is 13.8 Å². The molecule has 3 nitrogen and oxygen atoms in total. The van der Waals surface area contributed by atoms with Gasteiger partial charge in [-0.05, 0) is 32.0 Å². The normalized spacial score (nSPS) is 11.5. The maximum Gasteiger partial charge on any atom is 0.191 e. The predicted octanol–water partition coefficient (Wildman–Crippen LogP) is 3.43. The molecule has 2 aromatic rings. The number of benzene rings is 1. The Hall–Kier alpha value is -2.29. The van der Waals surface area contributed by atoms with Crippen LogP contribution in [0.25, 0.3) is 5.69 Å². The maximum atomic E-state index is 12.3. The molecule has 0 radical (unpaired) electrons. The Morgan fingerprint density at radius 3 is 2.40 bits per heavy atom. The van der Waals surface area contributed by atoms with Crippen LogP contribution in [0.3, 0.4) is 0 Å². The summed E-state index contributed by atoms with van der Waals surface area (Å²) >= 11 is 0. The molecule has 0 atom stereocenters. The van der Waals surface area contributed by atoms with Gasteiger partial charge >= 0.3 is 0 Å². The van der Waals surface area contributed by atoms with Gasteiger partial charge in [0.25, 0.3) is 0 Å². The first-order valence-electron chi connectivity index (χ1n) is 6.62. The van der Waals surface area contributed by atoms with Crippen LogP contribution in [0.4, 0.5) is 0 Å². The van der Waals surface area contributed by atoms with E-state index in [9.17, 15) is 4.79 Å². The first kappa shape index (κ1) is 14.1. The lowest BCUT2D eigenvalue weighted by Crippen LogP contribution is -2.07. The molecule has 1 aromatic heterocycles. The van der Waals surface area contributed by atoms with Crippen molar-refractivity contribution in [3.8, 4) is 5.69 Å². The minimum Gasteiger partial charge on any atom is -0.383 e. The van der Waals surface area contributed by atoms with E-state index in [-0.39, 0.29) is 5.78 Å². The third-order valence-corrected chi connectivity index (χ3v) is 3.10. The molecule has 0 fully saturated rings. The molecule has 0 N–H and O–H groups in total. The number of ketones is 1. The Morgan fingerprint density at radius 1 is 1.15 bits per heavy atom. The van der Waals surface area contributed by atoms with E-state index in [1.165, 1.54) is 5.56 Å². The molecule has 0 amide bonds. The SMILES string of the molecule is CC(=CN(C)C)C(=O)c1ccn(-c2ccc(C)cc2)c1. The van der Waals surface area contributed by atoms with E-state index in [1.807, 2.05) is 67.3 Å². The van der Waals surface area contributed by atoms with Gasteiger partial charge in [0.15, 0.2) is 5.78 Å². The van der Waals surface area contributed by atoms with Crippen molar-refractivity contribution >= 4 is 5.78 Å². The van der Waals surface area contributed by atoms with Crippen LogP contribution in [-0.4, -0.2) is 29.3 Å². The summed E-state index contributed by atoms with van der Waals surface area (Å²) in [7, 11) is 3.82. The number of aromatic nitrogens is 1. The van der Waals surface area contributed by atoms with E-state index >= 15 is 0 Å². The van der Waals surface area contributed by atoms with Gasteiger partial charge in [-0.15, -0.1) is 0 Å². The Morgan fingerprint density at radius 2 is 1.80 bits per heavy atom. The molecule has 2 rings (SSSR count). The van der Waals surface area contributed by atoms with Crippen LogP contribution < -0.4 is 0 Å². The van der Waals surface area contributed by atoms with Crippen molar-refractivity contribution in [1.29, 1.82) is 0 Å². The molecule has 3 heteroatoms. The molecular weight excluding hydrogens is 248 g/mol. The average Bonchev–Trinajstić information content (AvgIpc) is 2.87. The number of nitrogens with zero attached hydrogens (tertiary/aromatic N) is 2. The maximum absolute atomic E-state index is 12.3. The summed E-state index contributed by atoms with van der Waals surface area (Å²) in [6.45, 7) is 3.90. The number of aryl methyl sites for hydroxylation is 1. The average molecular weight is 268 g/mol. The van der Waals surface area contributed by atoms with Gasteiger partial charge < -0.3 is 9.47 Å². The summed E-state index contributed by atoms with van der Waals surface area (Å²) in [6, 6.07) is 10.1. The van der Waals surface area contributed by atoms with Crippen molar-refractivity contribution in [3.63, 3.8) is 0 Å². The van der Waals surface area contributed by atoms with Gasteiger partial charge in [-0.1, -0.05) is 17.7 Å². The largest absolute Gasteiger partial charge is 0.383 e. The summed E-state index contributed by atoms with van der Waals surface area (Å²) in [5.74, 6) is 0.0598. The van der Waals surface area contributed by atoms with Gasteiger partial charge in [0, 0.05) is 49.5 Å². The van der Waals surface area contributed by atoms with Crippen LogP contribution in [0.15, 0.2) is 54.5 Å². The number of hydrogen-bond acceptors (Lipinski definition) is 2. The molecule has 0 unspecified atom stereocenters. The Bertz CT molecular complexity index is 633. The molecule has 0 aliphatic carbocycles. The van der Waals surface area contributed by atoms with E-state index in [1.54, 1.807) is 0 Å². The lowest BCUT2D eigenvalue weighted by Gasteiger charge is -2.06. The molecule has 1 aromatic carbocycles. The fraction of sp³-hybridized carbons (Fsp3) is 0.235. The van der Waals surface area contributed by atoms with Gasteiger partial charge in [0.05, 0.1) is 0 Å². The topological polar surface area (TPSA) is 25.2 Å². The molecule has 0 saturated heterocycles. The summed E-state index contributed by atoms with van der Waals surface area (Å²) < 4.78 is 1.97. The van der Waals surface area contributed by atoms with Crippen LogP contribution in [0.1, 0.15) is 22.8 Å². The van der Waals surface area contributed by atoms with Gasteiger partial charge in [-0.3, -0.25) is 4.79 Å². The third kappa shape index (κ3) is 3.18. The number of Topliss-reactive ketones (excluding diaryl/α,β-unsaturated/α-hetero) is 1. The van der Waals surface area contributed by atoms with E-state index in [0.717, 1.165) is 11.3 Å². The molecule has 1 heterocycles. The highest BCUT2D eigenvalue weighted by Gasteiger charge is 2.10. The Kier molecular flexibility index (Phi) is 4.08. The van der Waals surface area contributed by atoms with Crippen LogP contribution in [0.5, 0.6) is 0 Å². The van der Waals surface area contributed by atoms with E-state index in [2.05, 4.69) is 19.1 Å². The second-order valence-corrected chi connectivity index (χ2v) is 5.25. The first-order chi connectivity index (χ1) is 9.47. The molecule has 0 aliphatic heterocycles. The summed E-state index contributed by atoms with van der Waals surface area (Å²) in [5.41, 5.74) is 3.73. The molecule has 0 saturated carbocycles. The monoisotopic (exact) mass is 268 g/mol. The minimum atomic E-state index is 0.0598. The highest BCUT2D eigenvalue weighted by molar-refractivity contribution is 6.08. The fourth-order valence-corrected chi connectivity index (χ4v) is 2.08. The molecular formula is C17H20N2O. The number of allylic oxidation sites excluding steroid dienone is 1. The van der Waals surface area contributed by atoms with E-state index < -0.39 is 0 Å². The number of hydrogen-bond donors (Lipinski definition) is 0. The van der Waals surface area contributed by atoms with Crippen molar-refractivity contribution in [1.82, 2.24) is 9.47 Å². The standard InChI is InChI=1S/C17H20N2O/c1-13-5-7-16(8-6-13)19-10-9-15(12-19)17(20)14(2)11-18(3)4/h5-12H,1-4H3. The summed E-state index contributed by atoms with van der Waals surface area (Å²) in [6.07, 6.45) is 5.63. The van der Waals surface area contributed by atoms with Crippen LogP contribution >= 0.6 is 0 Å². The quantitative estimate of drug-likeness (QED) is 0.627. The zero-order chi connectivity index (χ0) is 14.7. The number of rotatable bonds is 4. The lowest BCUT2D eigenvalue weighted by atomic mass is 10.1. The van der Waals surface area contributed by atoms with Gasteiger partial charge in [-0.2, -0.15) is 0 Å². The lowest BCUT2D eigenvalue weighted by molar-refractivity contribution is 0.103. The van der Waals surface area contributed by atoms with Crippen molar-refractivity contribution in [3.05, 3.63) is 65.6 Å². The molecule has 20 heavy (non-hydrogen) atoms. The van der Waals surface area contributed by atoms with Gasteiger partial charge in [0.1, 0.15) is 0 Å². The van der Waals surface area contributed by atoms with Crippen LogP contribution in [-0.2, 0) is 0 Å². The minimum absolute atomic E-state index is 0.0598. The Balaban J connectivity index is 2.25. The fourth-order valence-electron chi connectivity index (χ4n) is 2.08. The molecule has 0 spiro atoms. The van der Waals surface area contributed by atoms with Crippen molar-refractivity contribution < 1.29 is 4.79 Å². The molecule has 0 bridgehead atoms. The molecule has 0 aliphatic rings. The second kappa shape index (κ2) is 5.78. The summed E-state index contributed by atoms with van der Waals surface area (Å²) in [5, 5.41) is 0. The first-order valence-corrected chi connectivity index (χ1v) is 6.62. The van der Waals surface area contributed by atoms with Gasteiger partial charge in [0.2, 0.25) is 0 Å². The highest BCUT2D eigenvalue weighted by atomic mass is 16.1. The highest BCUT2D eigenvalue weighted by Crippen LogP contribution is 2.14. The van der Waals surface area contributed by atoms with E-state index in [0.29, 0.717) is 5.56 Å². The zero-order valence-electron chi connectivity index (χ0n) is 12.4. The van der Waals surface area contributed by atoms with Crippen molar-refractivity contribution in [2.24, 2.45) is 0 Å². The predicted molar refractivity (Wildman–Crippen MR) is 82.3 cm³/mol.